The van der Waals surface area contributed by atoms with Crippen molar-refractivity contribution in [2.45, 2.75) is 24.4 Å². The maximum atomic E-state index is 12.5. The molecule has 1 aromatic heterocycles. The third kappa shape index (κ3) is 4.17. The molecule has 6 nitrogen and oxygen atoms in total. The van der Waals surface area contributed by atoms with E-state index in [0.29, 0.717) is 23.3 Å². The minimum atomic E-state index is -0.295. The minimum absolute atomic E-state index is 0.0922. The van der Waals surface area contributed by atoms with E-state index in [-0.39, 0.29) is 17.6 Å². The van der Waals surface area contributed by atoms with Crippen molar-refractivity contribution >= 4 is 34.4 Å². The number of thioether (sulfide) groups is 1. The SMILES string of the molecule is CSc1ccc(CN(C)[C@H](C)C(=O)Nc2ccc3[nH]c(=O)[nH]c3c2)cc1. The maximum absolute atomic E-state index is 12.5. The second-order valence-corrected chi connectivity index (χ2v) is 7.15. The molecule has 0 unspecified atom stereocenters. The fourth-order valence-corrected chi connectivity index (χ4v) is 3.12. The molecule has 1 atom stereocenters. The molecule has 7 heteroatoms. The lowest BCUT2D eigenvalue weighted by molar-refractivity contribution is -0.120. The summed E-state index contributed by atoms with van der Waals surface area (Å²) in [5.74, 6) is -0.0922. The summed E-state index contributed by atoms with van der Waals surface area (Å²) in [6.07, 6.45) is 2.05. The molecular weight excluding hydrogens is 348 g/mol. The molecule has 0 aliphatic heterocycles. The summed E-state index contributed by atoms with van der Waals surface area (Å²) in [7, 11) is 1.93. The average Bonchev–Trinajstić information content (AvgIpc) is 3.00. The second kappa shape index (κ2) is 7.80. The Bertz CT molecular complexity index is 962. The standard InChI is InChI=1S/C19H22N4O2S/c1-12(23(2)11-13-4-7-15(26-3)8-5-13)18(24)20-14-6-9-16-17(10-14)22-19(25)21-16/h4-10,12H,11H2,1-3H3,(H,20,24)(H2,21,22,25)/t12-/m1/s1. The highest BCUT2D eigenvalue weighted by molar-refractivity contribution is 7.98. The number of carbonyl (C=O) groups is 1. The van der Waals surface area contributed by atoms with Gasteiger partial charge in [0, 0.05) is 17.1 Å². The van der Waals surface area contributed by atoms with E-state index in [2.05, 4.69) is 39.6 Å². The Morgan fingerprint density at radius 2 is 1.85 bits per heavy atom. The van der Waals surface area contributed by atoms with Gasteiger partial charge in [-0.25, -0.2) is 4.79 Å². The molecule has 3 N–H and O–H groups in total. The molecule has 0 spiro atoms. The van der Waals surface area contributed by atoms with Gasteiger partial charge in [0.25, 0.3) is 0 Å². The Balaban J connectivity index is 1.64. The van der Waals surface area contributed by atoms with Crippen molar-refractivity contribution in [1.29, 1.82) is 0 Å². The van der Waals surface area contributed by atoms with Gasteiger partial charge in [0.15, 0.2) is 0 Å². The van der Waals surface area contributed by atoms with E-state index in [1.54, 1.807) is 30.0 Å². The molecule has 26 heavy (non-hydrogen) atoms. The summed E-state index contributed by atoms with van der Waals surface area (Å²) in [6, 6.07) is 13.3. The zero-order valence-corrected chi connectivity index (χ0v) is 15.8. The number of nitrogens with zero attached hydrogens (tertiary/aromatic N) is 1. The third-order valence-electron chi connectivity index (χ3n) is 4.42. The number of fused-ring (bicyclic) bond motifs is 1. The first-order valence-corrected chi connectivity index (χ1v) is 9.55. The molecule has 0 radical (unpaired) electrons. The van der Waals surface area contributed by atoms with E-state index < -0.39 is 0 Å². The van der Waals surface area contributed by atoms with Gasteiger partial charge >= 0.3 is 5.69 Å². The summed E-state index contributed by atoms with van der Waals surface area (Å²) in [4.78, 5) is 32.5. The normalized spacial score (nSPS) is 12.5. The quantitative estimate of drug-likeness (QED) is 0.583. The molecule has 2 aromatic carbocycles. The fourth-order valence-electron chi connectivity index (χ4n) is 2.71. The van der Waals surface area contributed by atoms with E-state index in [9.17, 15) is 9.59 Å². The molecule has 3 aromatic rings. The number of aromatic amines is 2. The van der Waals surface area contributed by atoms with Crippen LogP contribution in [0.2, 0.25) is 0 Å². The van der Waals surface area contributed by atoms with Crippen molar-refractivity contribution in [3.8, 4) is 0 Å². The van der Waals surface area contributed by atoms with Crippen LogP contribution in [-0.4, -0.2) is 40.1 Å². The Kier molecular flexibility index (Phi) is 5.49. The van der Waals surface area contributed by atoms with Crippen LogP contribution in [0.15, 0.2) is 52.2 Å². The number of nitrogens with one attached hydrogen (secondary N) is 3. The zero-order chi connectivity index (χ0) is 18.7. The summed E-state index contributed by atoms with van der Waals surface area (Å²) in [5.41, 5.74) is 2.94. The Morgan fingerprint density at radius 3 is 2.54 bits per heavy atom. The van der Waals surface area contributed by atoms with Crippen LogP contribution in [0.25, 0.3) is 11.0 Å². The lowest BCUT2D eigenvalue weighted by Crippen LogP contribution is -2.39. The van der Waals surface area contributed by atoms with Gasteiger partial charge in [-0.05, 0) is 56.1 Å². The fraction of sp³-hybridized carbons (Fsp3) is 0.263. The van der Waals surface area contributed by atoms with Gasteiger partial charge in [-0.2, -0.15) is 0 Å². The Morgan fingerprint density at radius 1 is 1.15 bits per heavy atom. The first kappa shape index (κ1) is 18.3. The highest BCUT2D eigenvalue weighted by Crippen LogP contribution is 2.17. The van der Waals surface area contributed by atoms with Crippen LogP contribution in [0.3, 0.4) is 0 Å². The number of carbonyl (C=O) groups excluding carboxylic acids is 1. The number of rotatable bonds is 6. The number of benzene rings is 2. The molecule has 1 amide bonds. The number of hydrogen-bond acceptors (Lipinski definition) is 4. The second-order valence-electron chi connectivity index (χ2n) is 6.27. The van der Waals surface area contributed by atoms with Gasteiger partial charge in [0.1, 0.15) is 0 Å². The summed E-state index contributed by atoms with van der Waals surface area (Å²) in [6.45, 7) is 2.57. The van der Waals surface area contributed by atoms with E-state index in [1.807, 2.05) is 25.1 Å². The maximum Gasteiger partial charge on any atom is 0.323 e. The van der Waals surface area contributed by atoms with Crippen LogP contribution in [0.4, 0.5) is 5.69 Å². The van der Waals surface area contributed by atoms with Crippen LogP contribution in [0, 0.1) is 0 Å². The highest BCUT2D eigenvalue weighted by Gasteiger charge is 2.18. The average molecular weight is 370 g/mol. The third-order valence-corrected chi connectivity index (χ3v) is 5.16. The largest absolute Gasteiger partial charge is 0.325 e. The van der Waals surface area contributed by atoms with Crippen molar-refractivity contribution in [3.05, 3.63) is 58.5 Å². The van der Waals surface area contributed by atoms with Gasteiger partial charge in [-0.1, -0.05) is 12.1 Å². The molecule has 0 saturated carbocycles. The van der Waals surface area contributed by atoms with Gasteiger partial charge in [-0.3, -0.25) is 9.69 Å². The molecule has 0 aliphatic carbocycles. The molecule has 0 bridgehead atoms. The monoisotopic (exact) mass is 370 g/mol. The van der Waals surface area contributed by atoms with Crippen molar-refractivity contribution in [1.82, 2.24) is 14.9 Å². The topological polar surface area (TPSA) is 81.0 Å². The molecule has 3 rings (SSSR count). The summed E-state index contributed by atoms with van der Waals surface area (Å²) >= 11 is 1.71. The van der Waals surface area contributed by atoms with Gasteiger partial charge < -0.3 is 15.3 Å². The minimum Gasteiger partial charge on any atom is -0.325 e. The van der Waals surface area contributed by atoms with Gasteiger partial charge in [0.05, 0.1) is 17.1 Å². The first-order chi connectivity index (χ1) is 12.5. The van der Waals surface area contributed by atoms with Crippen molar-refractivity contribution in [3.63, 3.8) is 0 Å². The van der Waals surface area contributed by atoms with Crippen LogP contribution >= 0.6 is 11.8 Å². The molecule has 0 aliphatic rings. The lowest BCUT2D eigenvalue weighted by Gasteiger charge is -2.24. The molecule has 0 saturated heterocycles. The predicted molar refractivity (Wildman–Crippen MR) is 107 cm³/mol. The molecule has 1 heterocycles. The number of likely N-dealkylation sites (N-methyl/N-ethyl adjacent to an activating group) is 1. The molecular formula is C19H22N4O2S. The van der Waals surface area contributed by atoms with E-state index in [0.717, 1.165) is 5.56 Å². The number of anilines is 1. The zero-order valence-electron chi connectivity index (χ0n) is 15.0. The number of aromatic nitrogens is 2. The number of amides is 1. The predicted octanol–water partition coefficient (Wildman–Crippen LogP) is 3.04. The van der Waals surface area contributed by atoms with Crippen LogP contribution in [0.1, 0.15) is 12.5 Å². The Hall–Kier alpha value is -2.51. The number of H-pyrrole nitrogens is 2. The van der Waals surface area contributed by atoms with Crippen LogP contribution in [0.5, 0.6) is 0 Å². The summed E-state index contributed by atoms with van der Waals surface area (Å²) in [5, 5.41) is 2.91. The van der Waals surface area contributed by atoms with Crippen LogP contribution < -0.4 is 11.0 Å². The van der Waals surface area contributed by atoms with E-state index in [4.69, 9.17) is 0 Å². The van der Waals surface area contributed by atoms with Crippen molar-refractivity contribution in [2.24, 2.45) is 0 Å². The van der Waals surface area contributed by atoms with E-state index in [1.165, 1.54) is 4.90 Å². The lowest BCUT2D eigenvalue weighted by atomic mass is 10.2. The molecule has 136 valence electrons. The number of hydrogen-bond donors (Lipinski definition) is 3. The van der Waals surface area contributed by atoms with Gasteiger partial charge in [0.2, 0.25) is 5.91 Å². The first-order valence-electron chi connectivity index (χ1n) is 8.32. The Labute approximate surface area is 156 Å². The number of imidazole rings is 1. The smallest absolute Gasteiger partial charge is 0.323 e. The van der Waals surface area contributed by atoms with Crippen LogP contribution in [-0.2, 0) is 11.3 Å². The van der Waals surface area contributed by atoms with Crippen molar-refractivity contribution < 1.29 is 4.79 Å². The van der Waals surface area contributed by atoms with Gasteiger partial charge in [-0.15, -0.1) is 11.8 Å². The highest BCUT2D eigenvalue weighted by atomic mass is 32.2. The molecule has 0 fully saturated rings. The van der Waals surface area contributed by atoms with Crippen molar-refractivity contribution in [2.75, 3.05) is 18.6 Å². The summed E-state index contributed by atoms with van der Waals surface area (Å²) < 4.78 is 0. The van der Waals surface area contributed by atoms with E-state index >= 15 is 0 Å².